The Morgan fingerprint density at radius 3 is 2.66 bits per heavy atom. The number of benzene rings is 2. The summed E-state index contributed by atoms with van der Waals surface area (Å²) in [7, 11) is 3.95. The van der Waals surface area contributed by atoms with E-state index in [0.717, 1.165) is 20.3 Å². The molecule has 4 aromatic rings. The Balaban J connectivity index is 1.67. The Bertz CT molecular complexity index is 1140. The van der Waals surface area contributed by atoms with Gasteiger partial charge in [0.05, 0.1) is 10.2 Å². The summed E-state index contributed by atoms with van der Waals surface area (Å²) in [6.07, 6.45) is 0. The summed E-state index contributed by atoms with van der Waals surface area (Å²) in [6.45, 7) is 1.20. The smallest absolute Gasteiger partial charge is 0.282 e. The predicted octanol–water partition coefficient (Wildman–Crippen LogP) is 4.92. The van der Waals surface area contributed by atoms with Gasteiger partial charge in [-0.25, -0.2) is 4.98 Å². The lowest BCUT2D eigenvalue weighted by atomic mass is 10.1. The Morgan fingerprint density at radius 1 is 1.10 bits per heavy atom. The third-order valence-electron chi connectivity index (χ3n) is 4.37. The number of hydrogen-bond donors (Lipinski definition) is 0. The van der Waals surface area contributed by atoms with Crippen molar-refractivity contribution in [3.8, 4) is 11.3 Å². The number of carbonyl (C=O) groups is 1. The van der Waals surface area contributed by atoms with Crippen molar-refractivity contribution >= 4 is 48.5 Å². The van der Waals surface area contributed by atoms with Crippen LogP contribution in [0.3, 0.4) is 0 Å². The third-order valence-corrected chi connectivity index (χ3v) is 5.91. The fraction of sp³-hybridized carbons (Fsp3) is 0.190. The van der Waals surface area contributed by atoms with Gasteiger partial charge in [0.2, 0.25) is 0 Å². The first-order valence-corrected chi connectivity index (χ1v) is 10.7. The lowest BCUT2D eigenvalue weighted by molar-refractivity contribution is 0.0976. The molecular weight excluding hydrogens is 452 g/mol. The Morgan fingerprint density at radius 2 is 1.90 bits per heavy atom. The average molecular weight is 471 g/mol. The molecule has 4 rings (SSSR count). The molecule has 0 aliphatic carbocycles. The predicted molar refractivity (Wildman–Crippen MR) is 119 cm³/mol. The molecule has 6 nitrogen and oxygen atoms in total. The maximum Gasteiger partial charge on any atom is 0.282 e. The van der Waals surface area contributed by atoms with Crippen LogP contribution in [0, 0.1) is 0 Å². The molecule has 0 bridgehead atoms. The molecule has 0 aliphatic heterocycles. The third kappa shape index (κ3) is 4.39. The summed E-state index contributed by atoms with van der Waals surface area (Å²) >= 11 is 4.97. The standard InChI is InChI=1S/C21H19BrN4O2S/c1-25(2)10-11-26(21-23-16-9-8-15(22)12-19(16)29-21)20(27)17-13-18(28-24-17)14-6-4-3-5-7-14/h3-9,12-13H,10-11H2,1-2H3. The summed E-state index contributed by atoms with van der Waals surface area (Å²) in [4.78, 5) is 21.7. The molecule has 29 heavy (non-hydrogen) atoms. The molecule has 148 valence electrons. The monoisotopic (exact) mass is 470 g/mol. The highest BCUT2D eigenvalue weighted by Crippen LogP contribution is 2.32. The van der Waals surface area contributed by atoms with Crippen molar-refractivity contribution in [1.29, 1.82) is 0 Å². The largest absolute Gasteiger partial charge is 0.355 e. The number of halogens is 1. The van der Waals surface area contributed by atoms with Crippen LogP contribution in [0.4, 0.5) is 5.13 Å². The van der Waals surface area contributed by atoms with Crippen LogP contribution in [0.15, 0.2) is 63.6 Å². The minimum absolute atomic E-state index is 0.226. The molecule has 0 atom stereocenters. The van der Waals surface area contributed by atoms with Gasteiger partial charge in [0, 0.05) is 29.2 Å². The summed E-state index contributed by atoms with van der Waals surface area (Å²) in [5.41, 5.74) is 2.01. The van der Waals surface area contributed by atoms with Crippen molar-refractivity contribution in [3.05, 3.63) is 64.8 Å². The van der Waals surface area contributed by atoms with Crippen LogP contribution in [-0.4, -0.2) is 48.1 Å². The van der Waals surface area contributed by atoms with Gasteiger partial charge in [0.25, 0.3) is 5.91 Å². The van der Waals surface area contributed by atoms with Crippen LogP contribution in [0.2, 0.25) is 0 Å². The van der Waals surface area contributed by atoms with E-state index in [9.17, 15) is 4.79 Å². The van der Waals surface area contributed by atoms with Gasteiger partial charge in [-0.1, -0.05) is 62.8 Å². The number of thiazole rings is 1. The number of aromatic nitrogens is 2. The van der Waals surface area contributed by atoms with E-state index in [0.29, 0.717) is 24.0 Å². The molecule has 2 aromatic heterocycles. The van der Waals surface area contributed by atoms with Crippen LogP contribution in [0.25, 0.3) is 21.5 Å². The van der Waals surface area contributed by atoms with Gasteiger partial charge in [0.15, 0.2) is 16.6 Å². The highest BCUT2D eigenvalue weighted by atomic mass is 79.9. The second-order valence-corrected chi connectivity index (χ2v) is 8.74. The highest BCUT2D eigenvalue weighted by Gasteiger charge is 2.24. The average Bonchev–Trinajstić information content (AvgIpc) is 3.35. The molecule has 0 radical (unpaired) electrons. The Labute approximate surface area is 180 Å². The van der Waals surface area contributed by atoms with Crippen molar-refractivity contribution in [3.63, 3.8) is 0 Å². The Kier molecular flexibility index (Phi) is 5.75. The molecule has 0 saturated carbocycles. The minimum Gasteiger partial charge on any atom is -0.355 e. The SMILES string of the molecule is CN(C)CCN(C(=O)c1cc(-c2ccccc2)on1)c1nc2ccc(Br)cc2s1. The minimum atomic E-state index is -0.226. The van der Waals surface area contributed by atoms with E-state index in [1.807, 2.05) is 67.5 Å². The number of carbonyl (C=O) groups excluding carboxylic acids is 1. The van der Waals surface area contributed by atoms with Crippen LogP contribution >= 0.6 is 27.3 Å². The van der Waals surface area contributed by atoms with Gasteiger partial charge in [-0.05, 0) is 32.3 Å². The highest BCUT2D eigenvalue weighted by molar-refractivity contribution is 9.10. The molecule has 0 spiro atoms. The molecule has 0 saturated heterocycles. The van der Waals surface area contributed by atoms with Crippen molar-refractivity contribution < 1.29 is 9.32 Å². The molecule has 0 aliphatic rings. The zero-order valence-corrected chi connectivity index (χ0v) is 18.4. The topological polar surface area (TPSA) is 62.5 Å². The molecular formula is C21H19BrN4O2S. The summed E-state index contributed by atoms with van der Waals surface area (Å²) in [5, 5.41) is 4.67. The van der Waals surface area contributed by atoms with Crippen LogP contribution < -0.4 is 4.90 Å². The van der Waals surface area contributed by atoms with E-state index in [1.165, 1.54) is 11.3 Å². The van der Waals surface area contributed by atoms with Crippen molar-refractivity contribution in [1.82, 2.24) is 15.0 Å². The zero-order chi connectivity index (χ0) is 20.4. The summed E-state index contributed by atoms with van der Waals surface area (Å²) in [6, 6.07) is 17.2. The van der Waals surface area contributed by atoms with Gasteiger partial charge < -0.3 is 9.42 Å². The second kappa shape index (κ2) is 8.44. The van der Waals surface area contributed by atoms with Gasteiger partial charge >= 0.3 is 0 Å². The summed E-state index contributed by atoms with van der Waals surface area (Å²) in [5.74, 6) is 0.339. The lowest BCUT2D eigenvalue weighted by Gasteiger charge is -2.20. The van der Waals surface area contributed by atoms with E-state index < -0.39 is 0 Å². The quantitative estimate of drug-likeness (QED) is 0.400. The molecule has 0 fully saturated rings. The first-order chi connectivity index (χ1) is 14.0. The van der Waals surface area contributed by atoms with Crippen molar-refractivity contribution in [2.45, 2.75) is 0 Å². The maximum absolute atomic E-state index is 13.3. The maximum atomic E-state index is 13.3. The van der Waals surface area contributed by atoms with Gasteiger partial charge in [-0.15, -0.1) is 0 Å². The normalized spacial score (nSPS) is 11.3. The van der Waals surface area contributed by atoms with Crippen LogP contribution in [0.5, 0.6) is 0 Å². The number of hydrogen-bond acceptors (Lipinski definition) is 6. The van der Waals surface area contributed by atoms with E-state index in [-0.39, 0.29) is 11.6 Å². The van der Waals surface area contributed by atoms with Crippen molar-refractivity contribution in [2.24, 2.45) is 0 Å². The Hall–Kier alpha value is -2.55. The molecule has 1 amide bonds. The number of rotatable bonds is 6. The number of likely N-dealkylation sites (N-methyl/N-ethyl adjacent to an activating group) is 1. The second-order valence-electron chi connectivity index (χ2n) is 6.81. The van der Waals surface area contributed by atoms with Crippen LogP contribution in [-0.2, 0) is 0 Å². The zero-order valence-electron chi connectivity index (χ0n) is 16.0. The molecule has 8 heteroatoms. The first-order valence-electron chi connectivity index (χ1n) is 9.06. The van der Waals surface area contributed by atoms with E-state index in [4.69, 9.17) is 4.52 Å². The fourth-order valence-electron chi connectivity index (χ4n) is 2.84. The van der Waals surface area contributed by atoms with E-state index in [1.54, 1.807) is 11.0 Å². The first kappa shape index (κ1) is 19.8. The van der Waals surface area contributed by atoms with E-state index in [2.05, 4.69) is 26.1 Å². The van der Waals surface area contributed by atoms with E-state index >= 15 is 0 Å². The van der Waals surface area contributed by atoms with Crippen molar-refractivity contribution in [2.75, 3.05) is 32.1 Å². The lowest BCUT2D eigenvalue weighted by Crippen LogP contribution is -2.36. The number of fused-ring (bicyclic) bond motifs is 1. The molecule has 2 aromatic carbocycles. The number of anilines is 1. The number of amides is 1. The van der Waals surface area contributed by atoms with Gasteiger partial charge in [-0.3, -0.25) is 9.69 Å². The summed E-state index contributed by atoms with van der Waals surface area (Å²) < 4.78 is 7.42. The molecule has 2 heterocycles. The fourth-order valence-corrected chi connectivity index (χ4v) is 4.38. The molecule has 0 unspecified atom stereocenters. The molecule has 0 N–H and O–H groups in total. The van der Waals surface area contributed by atoms with Crippen LogP contribution in [0.1, 0.15) is 10.5 Å². The van der Waals surface area contributed by atoms with Gasteiger partial charge in [0.1, 0.15) is 0 Å². The van der Waals surface area contributed by atoms with Gasteiger partial charge in [-0.2, -0.15) is 0 Å². The number of nitrogens with zero attached hydrogens (tertiary/aromatic N) is 4.